The summed E-state index contributed by atoms with van der Waals surface area (Å²) in [6.45, 7) is 5.53. The number of nitrogens with one attached hydrogen (secondary N) is 2. The van der Waals surface area contributed by atoms with Crippen molar-refractivity contribution in [3.63, 3.8) is 0 Å². The number of fused-ring (bicyclic) bond motifs is 1. The molecule has 2 aromatic rings. The number of benzene rings is 2. The van der Waals surface area contributed by atoms with Crippen LogP contribution in [0.15, 0.2) is 53.4 Å². The Morgan fingerprint density at radius 3 is 2.40 bits per heavy atom. The highest BCUT2D eigenvalue weighted by molar-refractivity contribution is 7.92. The van der Waals surface area contributed by atoms with Gasteiger partial charge in [0, 0.05) is 49.7 Å². The van der Waals surface area contributed by atoms with Gasteiger partial charge in [0.2, 0.25) is 0 Å². The minimum absolute atomic E-state index is 0.0419. The van der Waals surface area contributed by atoms with Crippen molar-refractivity contribution in [2.45, 2.75) is 85.8 Å². The Labute approximate surface area is 257 Å². The molecule has 2 heterocycles. The standard InChI is InChI=1S/C35H48N4O3S/c1-36-34(40)37-33-10-4-9-32(33)35(19-5-7-26-6-2-3-8-31(26)35)27-17-20-38(21-18-27)22-25-23-39(24-25)28-11-13-29(14-12-28)43(41,42)30-15-16-30/h2-3,6,8,11-14,25,27,30,32-33H,4-5,7,9-10,15-24H2,1H3,(H2,36,37,40)/t32-,33-,35?/m0/s1. The largest absolute Gasteiger partial charge is 0.371 e. The molecule has 7 rings (SSSR count). The number of urea groups is 1. The summed E-state index contributed by atoms with van der Waals surface area (Å²) in [5.74, 6) is 1.80. The van der Waals surface area contributed by atoms with Crippen molar-refractivity contribution in [3.8, 4) is 0 Å². The number of nitrogens with zero attached hydrogens (tertiary/aromatic N) is 2. The Kier molecular flexibility index (Phi) is 7.95. The molecule has 3 atom stereocenters. The van der Waals surface area contributed by atoms with Crippen LogP contribution in [0.2, 0.25) is 0 Å². The molecule has 4 fully saturated rings. The van der Waals surface area contributed by atoms with Crippen LogP contribution in [0.3, 0.4) is 0 Å². The van der Waals surface area contributed by atoms with Gasteiger partial charge in [-0.3, -0.25) is 0 Å². The molecule has 0 spiro atoms. The fourth-order valence-corrected chi connectivity index (χ4v) is 11.0. The first-order valence-electron chi connectivity index (χ1n) is 16.8. The molecule has 2 amide bonds. The molecular weight excluding hydrogens is 556 g/mol. The van der Waals surface area contributed by atoms with E-state index in [9.17, 15) is 13.2 Å². The van der Waals surface area contributed by atoms with Gasteiger partial charge in [-0.25, -0.2) is 13.2 Å². The van der Waals surface area contributed by atoms with Crippen molar-refractivity contribution >= 4 is 21.6 Å². The van der Waals surface area contributed by atoms with Crippen LogP contribution in [0, 0.1) is 17.8 Å². The van der Waals surface area contributed by atoms with Crippen LogP contribution in [-0.4, -0.2) is 70.4 Å². The molecule has 7 nitrogen and oxygen atoms in total. The van der Waals surface area contributed by atoms with Crippen molar-refractivity contribution in [2.24, 2.45) is 17.8 Å². The summed E-state index contributed by atoms with van der Waals surface area (Å²) in [6.07, 6.45) is 11.2. The number of rotatable bonds is 8. The van der Waals surface area contributed by atoms with Crippen LogP contribution in [0.25, 0.3) is 0 Å². The van der Waals surface area contributed by atoms with Gasteiger partial charge in [0.15, 0.2) is 9.84 Å². The highest BCUT2D eigenvalue weighted by Crippen LogP contribution is 2.55. The number of amides is 2. The van der Waals surface area contributed by atoms with E-state index in [0.717, 1.165) is 57.7 Å². The van der Waals surface area contributed by atoms with Gasteiger partial charge in [-0.1, -0.05) is 30.7 Å². The van der Waals surface area contributed by atoms with Crippen molar-refractivity contribution in [2.75, 3.05) is 44.7 Å². The van der Waals surface area contributed by atoms with Gasteiger partial charge in [-0.05, 0) is 118 Å². The van der Waals surface area contributed by atoms with E-state index in [0.29, 0.717) is 22.6 Å². The molecule has 2 aromatic carbocycles. The predicted octanol–water partition coefficient (Wildman–Crippen LogP) is 5.14. The highest BCUT2D eigenvalue weighted by atomic mass is 32.2. The van der Waals surface area contributed by atoms with Crippen LogP contribution in [0.1, 0.15) is 68.9 Å². The van der Waals surface area contributed by atoms with Crippen LogP contribution >= 0.6 is 0 Å². The summed E-state index contributed by atoms with van der Waals surface area (Å²) in [5, 5.41) is 6.01. The SMILES string of the molecule is CNC(=O)N[C@H]1CCC[C@@H]1C1(C2CCN(CC3CN(c4ccc(S(=O)(=O)C5CC5)cc4)C3)CC2)CCCc2ccccc21. The number of anilines is 1. The summed E-state index contributed by atoms with van der Waals surface area (Å²) >= 11 is 0. The summed E-state index contributed by atoms with van der Waals surface area (Å²) in [4.78, 5) is 18.0. The number of piperidine rings is 1. The molecule has 8 heteroatoms. The Morgan fingerprint density at radius 1 is 0.930 bits per heavy atom. The maximum Gasteiger partial charge on any atom is 0.314 e. The number of carbonyl (C=O) groups excluding carboxylic acids is 1. The first-order chi connectivity index (χ1) is 20.9. The number of aryl methyl sites for hydroxylation is 1. The third kappa shape index (κ3) is 5.47. The van der Waals surface area contributed by atoms with Gasteiger partial charge < -0.3 is 20.4 Å². The zero-order valence-corrected chi connectivity index (χ0v) is 26.5. The molecule has 2 N–H and O–H groups in total. The minimum Gasteiger partial charge on any atom is -0.371 e. The molecule has 1 unspecified atom stereocenters. The summed E-state index contributed by atoms with van der Waals surface area (Å²) in [5.41, 5.74) is 4.41. The van der Waals surface area contributed by atoms with Crippen LogP contribution in [0.5, 0.6) is 0 Å². The van der Waals surface area contributed by atoms with E-state index in [1.165, 1.54) is 50.5 Å². The third-order valence-corrected chi connectivity index (χ3v) is 13.8. The van der Waals surface area contributed by atoms with Crippen LogP contribution in [0.4, 0.5) is 10.5 Å². The monoisotopic (exact) mass is 604 g/mol. The number of sulfone groups is 1. The van der Waals surface area contributed by atoms with Gasteiger partial charge in [-0.15, -0.1) is 0 Å². The number of hydrogen-bond acceptors (Lipinski definition) is 5. The van der Waals surface area contributed by atoms with Gasteiger partial charge in [-0.2, -0.15) is 0 Å². The van der Waals surface area contributed by atoms with Crippen molar-refractivity contribution in [3.05, 3.63) is 59.7 Å². The lowest BCUT2D eigenvalue weighted by molar-refractivity contribution is 0.0569. The quantitative estimate of drug-likeness (QED) is 0.436. The third-order valence-electron chi connectivity index (χ3n) is 11.6. The molecule has 232 valence electrons. The molecule has 5 aliphatic rings. The number of hydrogen-bond donors (Lipinski definition) is 2. The second kappa shape index (κ2) is 11.7. The molecule has 0 radical (unpaired) electrons. The first kappa shape index (κ1) is 29.1. The fraction of sp³-hybridized carbons (Fsp3) is 0.629. The average Bonchev–Trinajstić information content (AvgIpc) is 3.79. The molecule has 2 aliphatic heterocycles. The van der Waals surface area contributed by atoms with Crippen molar-refractivity contribution < 1.29 is 13.2 Å². The van der Waals surface area contributed by atoms with Gasteiger partial charge >= 0.3 is 6.03 Å². The number of carbonyl (C=O) groups is 1. The van der Waals surface area contributed by atoms with E-state index < -0.39 is 9.84 Å². The smallest absolute Gasteiger partial charge is 0.314 e. The zero-order valence-electron chi connectivity index (χ0n) is 25.6. The molecule has 2 saturated carbocycles. The molecule has 0 bridgehead atoms. The van der Waals surface area contributed by atoms with E-state index in [1.807, 2.05) is 12.1 Å². The molecule has 3 aliphatic carbocycles. The lowest BCUT2D eigenvalue weighted by Gasteiger charge is -2.53. The Bertz CT molecular complexity index is 1410. The minimum atomic E-state index is -3.12. The summed E-state index contributed by atoms with van der Waals surface area (Å²) in [7, 11) is -1.40. The van der Waals surface area contributed by atoms with Gasteiger partial charge in [0.1, 0.15) is 0 Å². The lowest BCUT2D eigenvalue weighted by atomic mass is 9.53. The van der Waals surface area contributed by atoms with Crippen molar-refractivity contribution in [1.82, 2.24) is 15.5 Å². The first-order valence-corrected chi connectivity index (χ1v) is 18.3. The topological polar surface area (TPSA) is 81.8 Å². The van der Waals surface area contributed by atoms with Crippen molar-refractivity contribution in [1.29, 1.82) is 0 Å². The van der Waals surface area contributed by atoms with Gasteiger partial charge in [0.05, 0.1) is 10.1 Å². The van der Waals surface area contributed by atoms with Crippen LogP contribution in [-0.2, 0) is 21.7 Å². The van der Waals surface area contributed by atoms with E-state index in [-0.39, 0.29) is 22.7 Å². The number of likely N-dealkylation sites (tertiary alicyclic amines) is 1. The molecule has 2 saturated heterocycles. The predicted molar refractivity (Wildman–Crippen MR) is 171 cm³/mol. The maximum atomic E-state index is 12.5. The second-order valence-electron chi connectivity index (χ2n) is 14.0. The summed E-state index contributed by atoms with van der Waals surface area (Å²) < 4.78 is 25.1. The second-order valence-corrected chi connectivity index (χ2v) is 16.2. The van der Waals surface area contributed by atoms with E-state index >= 15 is 0 Å². The summed E-state index contributed by atoms with van der Waals surface area (Å²) in [6, 6.07) is 17.0. The zero-order chi connectivity index (χ0) is 29.6. The lowest BCUT2D eigenvalue weighted by Crippen LogP contribution is -2.56. The van der Waals surface area contributed by atoms with E-state index in [2.05, 4.69) is 44.7 Å². The average molecular weight is 605 g/mol. The highest BCUT2D eigenvalue weighted by Gasteiger charge is 2.53. The van der Waals surface area contributed by atoms with Gasteiger partial charge in [0.25, 0.3) is 0 Å². The maximum absolute atomic E-state index is 12.5. The van der Waals surface area contributed by atoms with Crippen LogP contribution < -0.4 is 15.5 Å². The van der Waals surface area contributed by atoms with E-state index in [4.69, 9.17) is 0 Å². The fourth-order valence-electron chi connectivity index (χ4n) is 9.31. The van der Waals surface area contributed by atoms with E-state index in [1.54, 1.807) is 24.7 Å². The Balaban J connectivity index is 0.992. The Morgan fingerprint density at radius 2 is 1.67 bits per heavy atom. The molecular formula is C35H48N4O3S. The molecule has 0 aromatic heterocycles. The normalized spacial score (nSPS) is 28.7. The Hall–Kier alpha value is -2.58. The molecule has 43 heavy (non-hydrogen) atoms.